The molecule has 5 nitrogen and oxygen atoms in total. The van der Waals surface area contributed by atoms with Crippen LogP contribution in [0, 0.1) is 0 Å². The van der Waals surface area contributed by atoms with Gasteiger partial charge >= 0.3 is 5.97 Å². The predicted molar refractivity (Wildman–Crippen MR) is 80.2 cm³/mol. The number of halogens is 1. The third-order valence-electron chi connectivity index (χ3n) is 3.81. The Balaban J connectivity index is 2.47. The highest BCUT2D eigenvalue weighted by atomic mass is 35.5. The molecule has 1 aliphatic rings. The second-order valence-corrected chi connectivity index (χ2v) is 7.39. The van der Waals surface area contributed by atoms with Crippen molar-refractivity contribution in [2.45, 2.75) is 43.5 Å². The molecule has 0 unspecified atom stereocenters. The SMILES string of the molecule is CC[C@H]1CCCCN1S(=O)(=O)c1cc(C(=O)O)ccc1Cl. The summed E-state index contributed by atoms with van der Waals surface area (Å²) in [6.07, 6.45) is 3.38. The topological polar surface area (TPSA) is 74.7 Å². The second-order valence-electron chi connectivity index (χ2n) is 5.12. The predicted octanol–water partition coefficient (Wildman–Crippen LogP) is 2.99. The minimum atomic E-state index is -3.77. The zero-order chi connectivity index (χ0) is 15.6. The molecule has 0 aliphatic carbocycles. The van der Waals surface area contributed by atoms with E-state index >= 15 is 0 Å². The molecule has 1 aliphatic heterocycles. The molecule has 1 aromatic carbocycles. The van der Waals surface area contributed by atoms with Gasteiger partial charge in [0.1, 0.15) is 4.90 Å². The van der Waals surface area contributed by atoms with Crippen molar-refractivity contribution in [3.63, 3.8) is 0 Å². The van der Waals surface area contributed by atoms with Crippen LogP contribution in [0.1, 0.15) is 43.0 Å². The third kappa shape index (κ3) is 3.22. The summed E-state index contributed by atoms with van der Waals surface area (Å²) in [6.45, 7) is 2.41. The van der Waals surface area contributed by atoms with E-state index in [2.05, 4.69) is 0 Å². The monoisotopic (exact) mass is 331 g/mol. The highest BCUT2D eigenvalue weighted by Gasteiger charge is 2.34. The van der Waals surface area contributed by atoms with Crippen LogP contribution in [-0.2, 0) is 10.0 Å². The molecule has 1 N–H and O–H groups in total. The number of nitrogens with zero attached hydrogens (tertiary/aromatic N) is 1. The Labute approximate surface area is 129 Å². The smallest absolute Gasteiger partial charge is 0.335 e. The fraction of sp³-hybridized carbons (Fsp3) is 0.500. The van der Waals surface area contributed by atoms with E-state index in [0.29, 0.717) is 6.54 Å². The van der Waals surface area contributed by atoms with Crippen LogP contribution >= 0.6 is 11.6 Å². The van der Waals surface area contributed by atoms with E-state index < -0.39 is 16.0 Å². The van der Waals surface area contributed by atoms with Crippen LogP contribution in [0.3, 0.4) is 0 Å². The molecule has 1 saturated heterocycles. The van der Waals surface area contributed by atoms with Crippen LogP contribution in [0.2, 0.25) is 5.02 Å². The number of carboxylic acid groups (broad SMARTS) is 1. The summed E-state index contributed by atoms with van der Waals surface area (Å²) in [7, 11) is -3.77. The summed E-state index contributed by atoms with van der Waals surface area (Å²) < 4.78 is 27.1. The van der Waals surface area contributed by atoms with Crippen molar-refractivity contribution in [1.29, 1.82) is 0 Å². The largest absolute Gasteiger partial charge is 0.478 e. The Morgan fingerprint density at radius 2 is 2.14 bits per heavy atom. The third-order valence-corrected chi connectivity index (χ3v) is 6.24. The first-order valence-corrected chi connectivity index (χ1v) is 8.74. The molecule has 1 heterocycles. The zero-order valence-corrected chi connectivity index (χ0v) is 13.3. The van der Waals surface area contributed by atoms with Crippen molar-refractivity contribution in [3.8, 4) is 0 Å². The Morgan fingerprint density at radius 3 is 2.76 bits per heavy atom. The Morgan fingerprint density at radius 1 is 1.43 bits per heavy atom. The van der Waals surface area contributed by atoms with E-state index in [4.69, 9.17) is 16.7 Å². The Bertz CT molecular complexity index is 644. The lowest BCUT2D eigenvalue weighted by atomic mass is 10.0. The number of rotatable bonds is 4. The maximum absolute atomic E-state index is 12.8. The minimum absolute atomic E-state index is 0.0479. The van der Waals surface area contributed by atoms with E-state index in [-0.39, 0.29) is 21.5 Å². The molecule has 0 spiro atoms. The Hall–Kier alpha value is -1.11. The highest BCUT2D eigenvalue weighted by Crippen LogP contribution is 2.31. The molecule has 1 atom stereocenters. The van der Waals surface area contributed by atoms with Crippen LogP contribution in [0.5, 0.6) is 0 Å². The molecule has 0 radical (unpaired) electrons. The normalized spacial score (nSPS) is 20.4. The summed E-state index contributed by atoms with van der Waals surface area (Å²) >= 11 is 6.00. The molecular formula is C14H18ClNO4S. The zero-order valence-electron chi connectivity index (χ0n) is 11.8. The lowest BCUT2D eigenvalue weighted by molar-refractivity contribution is 0.0696. The van der Waals surface area contributed by atoms with Gasteiger partial charge in [-0.1, -0.05) is 24.9 Å². The van der Waals surface area contributed by atoms with Crippen molar-refractivity contribution in [1.82, 2.24) is 4.31 Å². The average molecular weight is 332 g/mol. The van der Waals surface area contributed by atoms with Gasteiger partial charge in [-0.3, -0.25) is 0 Å². The summed E-state index contributed by atoms with van der Waals surface area (Å²) in [5.74, 6) is -1.17. The second kappa shape index (κ2) is 6.34. The van der Waals surface area contributed by atoms with Gasteiger partial charge < -0.3 is 5.11 Å². The van der Waals surface area contributed by atoms with Crippen molar-refractivity contribution in [2.24, 2.45) is 0 Å². The quantitative estimate of drug-likeness (QED) is 0.920. The van der Waals surface area contributed by atoms with Crippen LogP contribution in [0.4, 0.5) is 0 Å². The number of hydrogen-bond donors (Lipinski definition) is 1. The van der Waals surface area contributed by atoms with Gasteiger partial charge in [-0.2, -0.15) is 4.31 Å². The summed E-state index contributed by atoms with van der Waals surface area (Å²) in [4.78, 5) is 10.9. The molecule has 0 bridgehead atoms. The van der Waals surface area contributed by atoms with E-state index in [9.17, 15) is 13.2 Å². The first-order chi connectivity index (χ1) is 9.87. The van der Waals surface area contributed by atoms with Gasteiger partial charge in [-0.05, 0) is 37.5 Å². The highest BCUT2D eigenvalue weighted by molar-refractivity contribution is 7.89. The first-order valence-electron chi connectivity index (χ1n) is 6.92. The van der Waals surface area contributed by atoms with Crippen LogP contribution in [0.15, 0.2) is 23.1 Å². The van der Waals surface area contributed by atoms with Gasteiger partial charge in [0, 0.05) is 12.6 Å². The Kier molecular flexibility index (Phi) is 4.91. The van der Waals surface area contributed by atoms with Gasteiger partial charge in [0.25, 0.3) is 0 Å². The number of aromatic carboxylic acids is 1. The van der Waals surface area contributed by atoms with Crippen molar-refractivity contribution in [3.05, 3.63) is 28.8 Å². The lowest BCUT2D eigenvalue weighted by Gasteiger charge is -2.34. The van der Waals surface area contributed by atoms with Crippen LogP contribution in [-0.4, -0.2) is 36.4 Å². The molecule has 0 amide bonds. The van der Waals surface area contributed by atoms with Gasteiger partial charge in [0.2, 0.25) is 10.0 Å². The maximum Gasteiger partial charge on any atom is 0.335 e. The van der Waals surface area contributed by atoms with E-state index in [0.717, 1.165) is 31.7 Å². The molecule has 1 fully saturated rings. The van der Waals surface area contributed by atoms with Gasteiger partial charge in [-0.15, -0.1) is 0 Å². The fourth-order valence-electron chi connectivity index (χ4n) is 2.66. The van der Waals surface area contributed by atoms with E-state index in [1.165, 1.54) is 16.4 Å². The van der Waals surface area contributed by atoms with Crippen LogP contribution in [0.25, 0.3) is 0 Å². The maximum atomic E-state index is 12.8. The van der Waals surface area contributed by atoms with Crippen LogP contribution < -0.4 is 0 Å². The molecular weight excluding hydrogens is 314 g/mol. The number of carboxylic acids is 1. The number of sulfonamides is 1. The van der Waals surface area contributed by atoms with Gasteiger partial charge in [-0.25, -0.2) is 13.2 Å². The molecule has 7 heteroatoms. The van der Waals surface area contributed by atoms with E-state index in [1.807, 2.05) is 6.92 Å². The number of hydrogen-bond acceptors (Lipinski definition) is 3. The van der Waals surface area contributed by atoms with Crippen molar-refractivity contribution in [2.75, 3.05) is 6.54 Å². The minimum Gasteiger partial charge on any atom is -0.478 e. The molecule has 116 valence electrons. The van der Waals surface area contributed by atoms with E-state index in [1.54, 1.807) is 0 Å². The van der Waals surface area contributed by atoms with Crippen molar-refractivity contribution >= 4 is 27.6 Å². The summed E-state index contributed by atoms with van der Waals surface area (Å²) in [5, 5.41) is 9.08. The number of carbonyl (C=O) groups is 1. The first kappa shape index (κ1) is 16.3. The molecule has 2 rings (SSSR count). The number of benzene rings is 1. The van der Waals surface area contributed by atoms with Gasteiger partial charge in [0.15, 0.2) is 0 Å². The molecule has 0 saturated carbocycles. The number of piperidine rings is 1. The standard InChI is InChI=1S/C14H18ClNO4S/c1-2-11-5-3-4-8-16(11)21(19,20)13-9-10(14(17)18)6-7-12(13)15/h6-7,9,11H,2-5,8H2,1H3,(H,17,18)/t11-/m0/s1. The fourth-order valence-corrected chi connectivity index (χ4v) is 4.93. The van der Waals surface area contributed by atoms with Gasteiger partial charge in [0.05, 0.1) is 10.6 Å². The average Bonchev–Trinajstić information content (AvgIpc) is 2.47. The molecule has 1 aromatic rings. The van der Waals surface area contributed by atoms with Crippen molar-refractivity contribution < 1.29 is 18.3 Å². The molecule has 21 heavy (non-hydrogen) atoms. The molecule has 0 aromatic heterocycles. The summed E-state index contributed by atoms with van der Waals surface area (Å²) in [5.41, 5.74) is -0.0805. The lowest BCUT2D eigenvalue weighted by Crippen LogP contribution is -2.43. The summed E-state index contributed by atoms with van der Waals surface area (Å²) in [6, 6.07) is 3.72.